The minimum absolute atomic E-state index is 0.103. The lowest BCUT2D eigenvalue weighted by Gasteiger charge is -2.31. The molecule has 1 aliphatic rings. The van der Waals surface area contributed by atoms with Crippen LogP contribution in [-0.4, -0.2) is 43.2 Å². The van der Waals surface area contributed by atoms with E-state index in [0.29, 0.717) is 32.5 Å². The Balaban J connectivity index is 1.34. The summed E-state index contributed by atoms with van der Waals surface area (Å²) in [6.07, 6.45) is 1.21. The third kappa shape index (κ3) is 6.74. The van der Waals surface area contributed by atoms with Crippen molar-refractivity contribution in [3.8, 4) is 5.75 Å². The van der Waals surface area contributed by atoms with Gasteiger partial charge in [-0.2, -0.15) is 0 Å². The van der Waals surface area contributed by atoms with Crippen molar-refractivity contribution in [3.63, 3.8) is 0 Å². The lowest BCUT2D eigenvalue weighted by Crippen LogP contribution is -2.42. The summed E-state index contributed by atoms with van der Waals surface area (Å²) in [5.74, 6) is 0.378. The molecule has 6 heteroatoms. The fourth-order valence-corrected chi connectivity index (χ4v) is 3.51. The van der Waals surface area contributed by atoms with E-state index in [-0.39, 0.29) is 29.9 Å². The Labute approximate surface area is 184 Å². The molecule has 1 aliphatic heterocycles. The second kappa shape index (κ2) is 10.3. The molecule has 0 spiro atoms. The Bertz CT molecular complexity index is 851. The predicted molar refractivity (Wildman–Crippen MR) is 121 cm³/mol. The zero-order valence-corrected chi connectivity index (χ0v) is 18.6. The van der Waals surface area contributed by atoms with Crippen LogP contribution in [0.3, 0.4) is 0 Å². The van der Waals surface area contributed by atoms with Crippen LogP contribution in [0.15, 0.2) is 54.6 Å². The highest BCUT2D eigenvalue weighted by Gasteiger charge is 2.28. The summed E-state index contributed by atoms with van der Waals surface area (Å²) in [7, 11) is 0. The number of amides is 2. The van der Waals surface area contributed by atoms with E-state index in [1.54, 1.807) is 4.90 Å². The molecule has 0 bridgehead atoms. The number of nitrogens with one attached hydrogen (secondary N) is 1. The van der Waals surface area contributed by atoms with Gasteiger partial charge in [-0.3, -0.25) is 4.79 Å². The first-order valence-electron chi connectivity index (χ1n) is 10.8. The molecule has 0 saturated carbocycles. The molecule has 6 nitrogen and oxygen atoms in total. The highest BCUT2D eigenvalue weighted by atomic mass is 16.6. The first kappa shape index (κ1) is 22.7. The van der Waals surface area contributed by atoms with Crippen molar-refractivity contribution >= 4 is 17.7 Å². The van der Waals surface area contributed by atoms with Gasteiger partial charge in [-0.1, -0.05) is 51.1 Å². The minimum Gasteiger partial charge on any atom is -0.490 e. The van der Waals surface area contributed by atoms with E-state index in [4.69, 9.17) is 9.47 Å². The van der Waals surface area contributed by atoms with E-state index >= 15 is 0 Å². The van der Waals surface area contributed by atoms with Gasteiger partial charge in [-0.25, -0.2) is 4.79 Å². The fraction of sp³-hybridized carbons (Fsp3) is 0.440. The molecule has 31 heavy (non-hydrogen) atoms. The monoisotopic (exact) mass is 424 g/mol. The maximum Gasteiger partial charge on any atom is 0.321 e. The summed E-state index contributed by atoms with van der Waals surface area (Å²) >= 11 is 0. The zero-order chi connectivity index (χ0) is 22.3. The van der Waals surface area contributed by atoms with Crippen LogP contribution < -0.4 is 10.1 Å². The summed E-state index contributed by atoms with van der Waals surface area (Å²) in [6, 6.07) is 17.2. The fourth-order valence-electron chi connectivity index (χ4n) is 3.51. The van der Waals surface area contributed by atoms with Gasteiger partial charge in [0.25, 0.3) is 0 Å². The van der Waals surface area contributed by atoms with Gasteiger partial charge in [-0.15, -0.1) is 0 Å². The van der Waals surface area contributed by atoms with Gasteiger partial charge in [-0.05, 0) is 48.1 Å². The SMILES string of the molecule is CC(C)(C)c1ccc(OCCOC(=O)C2CCN(C(=O)Nc3ccccc3)CC2)cc1. The van der Waals surface area contributed by atoms with Crippen molar-refractivity contribution in [3.05, 3.63) is 60.2 Å². The summed E-state index contributed by atoms with van der Waals surface area (Å²) in [5, 5.41) is 2.88. The number of urea groups is 1. The maximum absolute atomic E-state index is 12.3. The van der Waals surface area contributed by atoms with E-state index in [9.17, 15) is 9.59 Å². The molecule has 2 aromatic rings. The molecule has 1 heterocycles. The third-order valence-corrected chi connectivity index (χ3v) is 5.46. The van der Waals surface area contributed by atoms with Gasteiger partial charge in [0.2, 0.25) is 0 Å². The Morgan fingerprint density at radius 2 is 1.61 bits per heavy atom. The highest BCUT2D eigenvalue weighted by molar-refractivity contribution is 5.89. The Kier molecular flexibility index (Phi) is 7.55. The predicted octanol–water partition coefficient (Wildman–Crippen LogP) is 4.85. The molecule has 0 atom stereocenters. The molecular formula is C25H32N2O4. The summed E-state index contributed by atoms with van der Waals surface area (Å²) < 4.78 is 11.1. The largest absolute Gasteiger partial charge is 0.490 e. The zero-order valence-electron chi connectivity index (χ0n) is 18.6. The van der Waals surface area contributed by atoms with Crippen molar-refractivity contribution in [2.24, 2.45) is 5.92 Å². The maximum atomic E-state index is 12.3. The number of likely N-dealkylation sites (tertiary alicyclic amines) is 1. The van der Waals surface area contributed by atoms with E-state index in [1.807, 2.05) is 42.5 Å². The number of rotatable bonds is 6. The summed E-state index contributed by atoms with van der Waals surface area (Å²) in [4.78, 5) is 26.4. The molecule has 3 rings (SSSR count). The average molecular weight is 425 g/mol. The number of esters is 1. The van der Waals surface area contributed by atoms with E-state index in [1.165, 1.54) is 5.56 Å². The van der Waals surface area contributed by atoms with Crippen LogP contribution in [0.4, 0.5) is 10.5 Å². The third-order valence-electron chi connectivity index (χ3n) is 5.46. The number of piperidine rings is 1. The summed E-state index contributed by atoms with van der Waals surface area (Å²) in [5.41, 5.74) is 2.11. The number of anilines is 1. The molecule has 1 N–H and O–H groups in total. The number of ether oxygens (including phenoxy) is 2. The normalized spacial score (nSPS) is 14.7. The molecule has 0 radical (unpaired) electrons. The quantitative estimate of drug-likeness (QED) is 0.532. The Morgan fingerprint density at radius 3 is 2.23 bits per heavy atom. The van der Waals surface area contributed by atoms with Gasteiger partial charge in [0.1, 0.15) is 19.0 Å². The highest BCUT2D eigenvalue weighted by Crippen LogP contribution is 2.24. The van der Waals surface area contributed by atoms with Crippen LogP contribution in [0.5, 0.6) is 5.75 Å². The van der Waals surface area contributed by atoms with Crippen molar-refractivity contribution in [1.82, 2.24) is 4.90 Å². The number of nitrogens with zero attached hydrogens (tertiary/aromatic N) is 1. The van der Waals surface area contributed by atoms with E-state index in [2.05, 4.69) is 38.2 Å². The number of benzene rings is 2. The Morgan fingerprint density at radius 1 is 0.968 bits per heavy atom. The van der Waals surface area contributed by atoms with E-state index in [0.717, 1.165) is 11.4 Å². The van der Waals surface area contributed by atoms with Crippen LogP contribution >= 0.6 is 0 Å². The van der Waals surface area contributed by atoms with Gasteiger partial charge < -0.3 is 19.7 Å². The molecule has 0 aromatic heterocycles. The molecular weight excluding hydrogens is 392 g/mol. The number of para-hydroxylation sites is 1. The van der Waals surface area contributed by atoms with Crippen molar-refractivity contribution < 1.29 is 19.1 Å². The van der Waals surface area contributed by atoms with E-state index < -0.39 is 0 Å². The smallest absolute Gasteiger partial charge is 0.321 e. The van der Waals surface area contributed by atoms with Crippen molar-refractivity contribution in [1.29, 1.82) is 0 Å². The van der Waals surface area contributed by atoms with Crippen molar-refractivity contribution in [2.75, 3.05) is 31.6 Å². The molecule has 166 valence electrons. The average Bonchev–Trinajstić information content (AvgIpc) is 2.77. The number of carbonyl (C=O) groups excluding carboxylic acids is 2. The topological polar surface area (TPSA) is 67.9 Å². The first-order valence-corrected chi connectivity index (χ1v) is 10.8. The second-order valence-corrected chi connectivity index (χ2v) is 8.85. The summed E-state index contributed by atoms with van der Waals surface area (Å²) in [6.45, 7) is 8.12. The van der Waals surface area contributed by atoms with Crippen LogP contribution in [0.2, 0.25) is 0 Å². The molecule has 0 aliphatic carbocycles. The van der Waals surface area contributed by atoms with Crippen LogP contribution in [0.1, 0.15) is 39.2 Å². The lowest BCUT2D eigenvalue weighted by atomic mass is 9.87. The minimum atomic E-state index is -0.213. The van der Waals surface area contributed by atoms with Gasteiger partial charge in [0.05, 0.1) is 5.92 Å². The number of hydrogen-bond donors (Lipinski definition) is 1. The molecule has 1 saturated heterocycles. The van der Waals surface area contributed by atoms with Gasteiger partial charge >= 0.3 is 12.0 Å². The first-order chi connectivity index (χ1) is 14.8. The van der Waals surface area contributed by atoms with Crippen LogP contribution in [0.25, 0.3) is 0 Å². The van der Waals surface area contributed by atoms with Crippen LogP contribution in [-0.2, 0) is 14.9 Å². The van der Waals surface area contributed by atoms with Gasteiger partial charge in [0, 0.05) is 18.8 Å². The molecule has 1 fully saturated rings. The Hall–Kier alpha value is -3.02. The standard InChI is InChI=1S/C25H32N2O4/c1-25(2,3)20-9-11-22(12-10-20)30-17-18-31-23(28)19-13-15-27(16-14-19)24(29)26-21-7-5-4-6-8-21/h4-12,19H,13-18H2,1-3H3,(H,26,29). The van der Waals surface area contributed by atoms with Crippen LogP contribution in [0, 0.1) is 5.92 Å². The van der Waals surface area contributed by atoms with Gasteiger partial charge in [0.15, 0.2) is 0 Å². The molecule has 2 aromatic carbocycles. The molecule has 0 unspecified atom stereocenters. The van der Waals surface area contributed by atoms with Crippen molar-refractivity contribution in [2.45, 2.75) is 39.0 Å². The molecule has 2 amide bonds. The second-order valence-electron chi connectivity index (χ2n) is 8.85. The number of hydrogen-bond acceptors (Lipinski definition) is 4. The number of carbonyl (C=O) groups is 2. The lowest BCUT2D eigenvalue weighted by molar-refractivity contribution is -0.150.